The van der Waals surface area contributed by atoms with Crippen molar-refractivity contribution in [3.63, 3.8) is 0 Å². The van der Waals surface area contributed by atoms with Gasteiger partial charge in [-0.3, -0.25) is 9.59 Å². The Labute approximate surface area is 226 Å². The number of carboxylic acid groups (broad SMARTS) is 1. The number of fused-ring (bicyclic) bond motifs is 3. The van der Waals surface area contributed by atoms with Gasteiger partial charge in [-0.15, -0.1) is 0 Å². The number of quaternary nitrogens is 1. The van der Waals surface area contributed by atoms with Crippen molar-refractivity contribution < 1.29 is 24.4 Å². The third-order valence-corrected chi connectivity index (χ3v) is 8.00. The molecule has 0 radical (unpaired) electrons. The minimum atomic E-state index is -1.01. The van der Waals surface area contributed by atoms with E-state index < -0.39 is 34.9 Å². The highest BCUT2D eigenvalue weighted by atomic mass is 16.4. The van der Waals surface area contributed by atoms with E-state index in [2.05, 4.69) is 36.3 Å². The average Bonchev–Trinajstić information content (AvgIpc) is 3.17. The molecule has 0 fully saturated rings. The van der Waals surface area contributed by atoms with E-state index >= 15 is 0 Å². The number of aromatic amines is 1. The van der Waals surface area contributed by atoms with E-state index in [0.717, 1.165) is 27.1 Å². The lowest BCUT2D eigenvalue weighted by Gasteiger charge is -2.43. The van der Waals surface area contributed by atoms with Crippen LogP contribution < -0.4 is 10.2 Å². The minimum Gasteiger partial charge on any atom is -0.478 e. The van der Waals surface area contributed by atoms with Gasteiger partial charge in [0.1, 0.15) is 12.6 Å². The zero-order valence-corrected chi connectivity index (χ0v) is 24.5. The molecule has 4 N–H and O–H groups in total. The Morgan fingerprint density at radius 3 is 2.37 bits per heavy atom. The number of carbonyl (C=O) groups excluding carboxylic acids is 2. The largest absolute Gasteiger partial charge is 0.478 e. The Balaban J connectivity index is 1.95. The zero-order valence-electron chi connectivity index (χ0n) is 24.5. The SMILES string of the molecule is C/C(=C\[C@H](C(C)C)N(C)C(=O)[C@@H](NC(=O)[C@H]1[NH+](C)Cc2[nH]c3ccccc3c2C1(C)C)C(C)(C)C)C(=O)O. The van der Waals surface area contributed by atoms with Crippen molar-refractivity contribution in [1.29, 1.82) is 0 Å². The van der Waals surface area contributed by atoms with Crippen LogP contribution in [0.4, 0.5) is 0 Å². The summed E-state index contributed by atoms with van der Waals surface area (Å²) in [6, 6.07) is 6.56. The highest BCUT2D eigenvalue weighted by molar-refractivity contribution is 5.93. The molecule has 4 atom stereocenters. The molecule has 0 bridgehead atoms. The molecular formula is C30H45N4O4+. The van der Waals surface area contributed by atoms with E-state index in [1.165, 1.54) is 6.92 Å². The number of hydrogen-bond acceptors (Lipinski definition) is 3. The summed E-state index contributed by atoms with van der Waals surface area (Å²) in [7, 11) is 3.71. The lowest BCUT2D eigenvalue weighted by Crippen LogP contribution is -3.16. The fourth-order valence-corrected chi connectivity index (χ4v) is 6.06. The number of likely N-dealkylation sites (N-methyl/N-ethyl adjacent to an activating group) is 2. The molecule has 1 unspecified atom stereocenters. The van der Waals surface area contributed by atoms with Crippen LogP contribution in [0.2, 0.25) is 0 Å². The number of para-hydroxylation sites is 1. The molecular weight excluding hydrogens is 480 g/mol. The van der Waals surface area contributed by atoms with E-state index in [9.17, 15) is 19.5 Å². The summed E-state index contributed by atoms with van der Waals surface area (Å²) in [5, 5.41) is 13.7. The van der Waals surface area contributed by atoms with Crippen LogP contribution in [0, 0.1) is 11.3 Å². The molecule has 38 heavy (non-hydrogen) atoms. The van der Waals surface area contributed by atoms with Gasteiger partial charge >= 0.3 is 5.97 Å². The van der Waals surface area contributed by atoms with Gasteiger partial charge in [0.15, 0.2) is 6.04 Å². The van der Waals surface area contributed by atoms with Gasteiger partial charge < -0.3 is 25.2 Å². The molecule has 1 aromatic carbocycles. The topological polar surface area (TPSA) is 107 Å². The second-order valence-electron chi connectivity index (χ2n) is 12.8. The summed E-state index contributed by atoms with van der Waals surface area (Å²) < 4.78 is 0. The molecule has 8 heteroatoms. The maximum atomic E-state index is 14.0. The third-order valence-electron chi connectivity index (χ3n) is 8.00. The smallest absolute Gasteiger partial charge is 0.331 e. The van der Waals surface area contributed by atoms with Gasteiger partial charge in [0.25, 0.3) is 5.91 Å². The summed E-state index contributed by atoms with van der Waals surface area (Å²) in [5.74, 6) is -1.43. The van der Waals surface area contributed by atoms with E-state index in [1.807, 2.05) is 53.8 Å². The normalized spacial score (nSPS) is 21.1. The number of H-pyrrole nitrogens is 1. The Hall–Kier alpha value is -3.13. The summed E-state index contributed by atoms with van der Waals surface area (Å²) in [6.45, 7) is 16.1. The second-order valence-corrected chi connectivity index (χ2v) is 12.8. The maximum Gasteiger partial charge on any atom is 0.331 e. The molecule has 0 aliphatic carbocycles. The summed E-state index contributed by atoms with van der Waals surface area (Å²) in [6.07, 6.45) is 1.62. The van der Waals surface area contributed by atoms with Crippen molar-refractivity contribution in [2.45, 2.75) is 85.5 Å². The van der Waals surface area contributed by atoms with Crippen LogP contribution in [0.15, 0.2) is 35.9 Å². The molecule has 8 nitrogen and oxygen atoms in total. The lowest BCUT2D eigenvalue weighted by molar-refractivity contribution is -0.917. The predicted octanol–water partition coefficient (Wildman–Crippen LogP) is 2.89. The standard InChI is InChI=1S/C30H44N4O4/c1-17(2)22(15-18(3)28(37)38)34(10)27(36)24(29(4,5)6)32-26(35)25-30(7,8)23-19-13-11-12-14-20(19)31-21(23)16-33(25)9/h11-15,17,22,24-25,31H,16H2,1-10H3,(H,32,35)(H,37,38)/p+1/b18-15+/t22-,24-,25-/m1/s1. The molecule has 1 aliphatic rings. The average molecular weight is 526 g/mol. The van der Waals surface area contributed by atoms with Gasteiger partial charge in [0.2, 0.25) is 5.91 Å². The molecule has 0 saturated heterocycles. The Morgan fingerprint density at radius 2 is 1.82 bits per heavy atom. The number of rotatable bonds is 7. The van der Waals surface area contributed by atoms with Crippen molar-refractivity contribution in [2.24, 2.45) is 11.3 Å². The molecule has 2 amide bonds. The molecule has 3 rings (SSSR count). The summed E-state index contributed by atoms with van der Waals surface area (Å²) in [5.41, 5.74) is 2.49. The Kier molecular flexibility index (Phi) is 8.18. The van der Waals surface area contributed by atoms with Crippen LogP contribution in [0.3, 0.4) is 0 Å². The number of aromatic nitrogens is 1. The quantitative estimate of drug-likeness (QED) is 0.417. The summed E-state index contributed by atoms with van der Waals surface area (Å²) >= 11 is 0. The Morgan fingerprint density at radius 1 is 1.21 bits per heavy atom. The fraction of sp³-hybridized carbons (Fsp3) is 0.567. The number of carbonyl (C=O) groups is 3. The zero-order chi connectivity index (χ0) is 28.7. The first-order valence-electron chi connectivity index (χ1n) is 13.4. The fourth-order valence-electron chi connectivity index (χ4n) is 6.06. The van der Waals surface area contributed by atoms with Crippen LogP contribution in [0.1, 0.15) is 66.6 Å². The first kappa shape index (κ1) is 29.4. The van der Waals surface area contributed by atoms with Gasteiger partial charge in [-0.1, -0.05) is 58.9 Å². The molecule has 0 saturated carbocycles. The van der Waals surface area contributed by atoms with Crippen molar-refractivity contribution in [3.8, 4) is 0 Å². The van der Waals surface area contributed by atoms with Gasteiger partial charge in [-0.2, -0.15) is 0 Å². The molecule has 2 heterocycles. The van der Waals surface area contributed by atoms with Crippen LogP contribution in [0.25, 0.3) is 10.9 Å². The predicted molar refractivity (Wildman–Crippen MR) is 150 cm³/mol. The molecule has 2 aromatic rings. The van der Waals surface area contributed by atoms with E-state index in [1.54, 1.807) is 18.0 Å². The highest BCUT2D eigenvalue weighted by Crippen LogP contribution is 2.37. The van der Waals surface area contributed by atoms with Crippen LogP contribution in [0.5, 0.6) is 0 Å². The van der Waals surface area contributed by atoms with Crippen LogP contribution >= 0.6 is 0 Å². The number of benzene rings is 1. The van der Waals surface area contributed by atoms with Crippen LogP contribution in [-0.2, 0) is 26.3 Å². The van der Waals surface area contributed by atoms with Crippen molar-refractivity contribution in [3.05, 3.63) is 47.2 Å². The third kappa shape index (κ3) is 5.51. The minimum absolute atomic E-state index is 0.0114. The number of nitrogens with zero attached hydrogens (tertiary/aromatic N) is 1. The Bertz CT molecular complexity index is 1250. The maximum absolute atomic E-state index is 14.0. The van der Waals surface area contributed by atoms with Gasteiger partial charge in [-0.05, 0) is 43.7 Å². The number of amides is 2. The molecule has 1 aromatic heterocycles. The van der Waals surface area contributed by atoms with Gasteiger partial charge in [-0.25, -0.2) is 4.79 Å². The molecule has 1 aliphatic heterocycles. The van der Waals surface area contributed by atoms with Crippen molar-refractivity contribution >= 4 is 28.7 Å². The first-order chi connectivity index (χ1) is 17.5. The number of carboxylic acids is 1. The number of nitrogens with one attached hydrogen (secondary N) is 3. The number of aliphatic carboxylic acids is 1. The van der Waals surface area contributed by atoms with Crippen molar-refractivity contribution in [2.75, 3.05) is 14.1 Å². The van der Waals surface area contributed by atoms with E-state index in [0.29, 0.717) is 6.54 Å². The molecule has 208 valence electrons. The monoisotopic (exact) mass is 525 g/mol. The van der Waals surface area contributed by atoms with Crippen LogP contribution in [-0.4, -0.2) is 65.0 Å². The number of hydrogen-bond donors (Lipinski definition) is 4. The summed E-state index contributed by atoms with van der Waals surface area (Å²) in [4.78, 5) is 45.6. The first-order valence-corrected chi connectivity index (χ1v) is 13.4. The highest BCUT2D eigenvalue weighted by Gasteiger charge is 2.50. The molecule has 0 spiro atoms. The van der Waals surface area contributed by atoms with Gasteiger partial charge in [0.05, 0.1) is 24.2 Å². The van der Waals surface area contributed by atoms with E-state index in [4.69, 9.17) is 0 Å². The van der Waals surface area contributed by atoms with Gasteiger partial charge in [0, 0.05) is 23.5 Å². The van der Waals surface area contributed by atoms with E-state index in [-0.39, 0.29) is 23.3 Å². The lowest BCUT2D eigenvalue weighted by atomic mass is 9.72. The second kappa shape index (κ2) is 10.6. The van der Waals surface area contributed by atoms with Crippen molar-refractivity contribution in [1.82, 2.24) is 15.2 Å².